The first-order valence-corrected chi connectivity index (χ1v) is 7.42. The smallest absolute Gasteiger partial charge is 0.109 e. The summed E-state index contributed by atoms with van der Waals surface area (Å²) < 4.78 is 2.41. The molecule has 0 bridgehead atoms. The van der Waals surface area contributed by atoms with Gasteiger partial charge in [-0.3, -0.25) is 0 Å². The van der Waals surface area contributed by atoms with Crippen LogP contribution in [0.4, 0.5) is 0 Å². The van der Waals surface area contributed by atoms with Gasteiger partial charge in [0.1, 0.15) is 5.82 Å². The first kappa shape index (κ1) is 13.9. The Balaban J connectivity index is 2.10. The molecular weight excluding hydrogens is 232 g/mol. The van der Waals surface area contributed by atoms with Crippen LogP contribution in [-0.4, -0.2) is 9.55 Å². The van der Waals surface area contributed by atoms with E-state index in [1.165, 1.54) is 30.6 Å². The van der Waals surface area contributed by atoms with E-state index < -0.39 is 0 Å². The van der Waals surface area contributed by atoms with E-state index in [9.17, 15) is 0 Å². The number of nitrogens with zero attached hydrogens (tertiary/aromatic N) is 2. The molecule has 102 valence electrons. The third-order valence-electron chi connectivity index (χ3n) is 3.50. The van der Waals surface area contributed by atoms with Crippen molar-refractivity contribution < 1.29 is 0 Å². The Labute approximate surface area is 116 Å². The van der Waals surface area contributed by atoms with E-state index in [1.54, 1.807) is 0 Å². The summed E-state index contributed by atoms with van der Waals surface area (Å²) in [6.07, 6.45) is 9.11. The lowest BCUT2D eigenvalue weighted by atomic mass is 10.2. The predicted octanol–water partition coefficient (Wildman–Crippen LogP) is 4.74. The summed E-state index contributed by atoms with van der Waals surface area (Å²) >= 11 is 0. The molecule has 0 unspecified atom stereocenters. The van der Waals surface area contributed by atoms with Crippen molar-refractivity contribution >= 4 is 11.0 Å². The molecule has 2 heteroatoms. The molecule has 2 nitrogen and oxygen atoms in total. The van der Waals surface area contributed by atoms with Crippen LogP contribution in [0.25, 0.3) is 11.0 Å². The second kappa shape index (κ2) is 7.13. The van der Waals surface area contributed by atoms with Crippen molar-refractivity contribution in [2.24, 2.45) is 0 Å². The van der Waals surface area contributed by atoms with Gasteiger partial charge in [-0.25, -0.2) is 4.98 Å². The van der Waals surface area contributed by atoms with Gasteiger partial charge in [-0.2, -0.15) is 0 Å². The Morgan fingerprint density at radius 3 is 2.84 bits per heavy atom. The highest BCUT2D eigenvalue weighted by Crippen LogP contribution is 2.18. The fraction of sp³-hybridized carbons (Fsp3) is 0.471. The largest absolute Gasteiger partial charge is 0.328 e. The van der Waals surface area contributed by atoms with Crippen LogP contribution in [0.15, 0.2) is 36.9 Å². The Hall–Kier alpha value is -1.57. The fourth-order valence-corrected chi connectivity index (χ4v) is 2.52. The molecule has 0 fully saturated rings. The molecule has 0 aliphatic heterocycles. The maximum Gasteiger partial charge on any atom is 0.109 e. The lowest BCUT2D eigenvalue weighted by Gasteiger charge is -2.08. The number of para-hydroxylation sites is 2. The first-order chi connectivity index (χ1) is 9.36. The third-order valence-corrected chi connectivity index (χ3v) is 3.50. The molecule has 0 atom stereocenters. The maximum absolute atomic E-state index is 4.76. The Morgan fingerprint density at radius 2 is 2.05 bits per heavy atom. The summed E-state index contributed by atoms with van der Waals surface area (Å²) in [5.74, 6) is 1.24. The minimum absolute atomic E-state index is 1.07. The van der Waals surface area contributed by atoms with E-state index in [2.05, 4.69) is 42.3 Å². The number of allylic oxidation sites excluding steroid dienone is 1. The summed E-state index contributed by atoms with van der Waals surface area (Å²) in [4.78, 5) is 4.76. The molecule has 0 N–H and O–H groups in total. The molecule has 2 aromatic rings. The van der Waals surface area contributed by atoms with Crippen LogP contribution in [0.5, 0.6) is 0 Å². The minimum atomic E-state index is 1.07. The van der Waals surface area contributed by atoms with E-state index in [0.717, 1.165) is 31.3 Å². The second-order valence-corrected chi connectivity index (χ2v) is 5.06. The lowest BCUT2D eigenvalue weighted by molar-refractivity contribution is 0.578. The number of aryl methyl sites for hydroxylation is 2. The van der Waals surface area contributed by atoms with E-state index >= 15 is 0 Å². The molecule has 1 aromatic carbocycles. The highest BCUT2D eigenvalue weighted by atomic mass is 15.1. The van der Waals surface area contributed by atoms with Gasteiger partial charge in [0.25, 0.3) is 0 Å². The number of imidazole rings is 1. The van der Waals surface area contributed by atoms with E-state index in [0.29, 0.717) is 0 Å². The predicted molar refractivity (Wildman–Crippen MR) is 82.4 cm³/mol. The van der Waals surface area contributed by atoms with Gasteiger partial charge in [0.2, 0.25) is 0 Å². The quantitative estimate of drug-likeness (QED) is 0.493. The van der Waals surface area contributed by atoms with Gasteiger partial charge < -0.3 is 4.57 Å². The molecular formula is C17H24N2. The molecule has 19 heavy (non-hydrogen) atoms. The van der Waals surface area contributed by atoms with Crippen molar-refractivity contribution in [2.45, 2.75) is 52.0 Å². The first-order valence-electron chi connectivity index (χ1n) is 7.42. The highest BCUT2D eigenvalue weighted by Gasteiger charge is 2.08. The molecule has 0 saturated heterocycles. The van der Waals surface area contributed by atoms with Crippen LogP contribution in [0.3, 0.4) is 0 Å². The average Bonchev–Trinajstić information content (AvgIpc) is 2.77. The van der Waals surface area contributed by atoms with Crippen molar-refractivity contribution in [1.29, 1.82) is 0 Å². The molecule has 0 aliphatic carbocycles. The summed E-state index contributed by atoms with van der Waals surface area (Å²) in [5, 5.41) is 0. The zero-order chi connectivity index (χ0) is 13.5. The second-order valence-electron chi connectivity index (χ2n) is 5.06. The van der Waals surface area contributed by atoms with E-state index in [4.69, 9.17) is 4.98 Å². The number of hydrogen-bond donors (Lipinski definition) is 0. The van der Waals surface area contributed by atoms with Gasteiger partial charge in [0.15, 0.2) is 0 Å². The SMILES string of the molecule is C=CCCCCCn1c(CCC)nc2ccccc21. The zero-order valence-corrected chi connectivity index (χ0v) is 11.9. The number of hydrogen-bond acceptors (Lipinski definition) is 1. The topological polar surface area (TPSA) is 17.8 Å². The molecule has 0 spiro atoms. The number of rotatable bonds is 8. The van der Waals surface area contributed by atoms with Crippen LogP contribution in [0, 0.1) is 0 Å². The maximum atomic E-state index is 4.76. The molecule has 0 saturated carbocycles. The number of fused-ring (bicyclic) bond motifs is 1. The highest BCUT2D eigenvalue weighted by molar-refractivity contribution is 5.75. The van der Waals surface area contributed by atoms with Gasteiger partial charge in [-0.05, 0) is 37.8 Å². The number of benzene rings is 1. The lowest BCUT2D eigenvalue weighted by Crippen LogP contribution is -2.04. The van der Waals surface area contributed by atoms with E-state index in [-0.39, 0.29) is 0 Å². The van der Waals surface area contributed by atoms with Crippen molar-refractivity contribution in [1.82, 2.24) is 9.55 Å². The summed E-state index contributed by atoms with van der Waals surface area (Å²) in [6, 6.07) is 8.47. The minimum Gasteiger partial charge on any atom is -0.328 e. The summed E-state index contributed by atoms with van der Waals surface area (Å²) in [6.45, 7) is 7.08. The van der Waals surface area contributed by atoms with Gasteiger partial charge in [0.05, 0.1) is 11.0 Å². The van der Waals surface area contributed by atoms with Crippen LogP contribution in [0.2, 0.25) is 0 Å². The fourth-order valence-electron chi connectivity index (χ4n) is 2.52. The van der Waals surface area contributed by atoms with Crippen LogP contribution in [0.1, 0.15) is 44.9 Å². The van der Waals surface area contributed by atoms with Crippen LogP contribution in [-0.2, 0) is 13.0 Å². The average molecular weight is 256 g/mol. The summed E-state index contributed by atoms with van der Waals surface area (Å²) in [5.41, 5.74) is 2.42. The van der Waals surface area contributed by atoms with Crippen LogP contribution >= 0.6 is 0 Å². The number of aromatic nitrogens is 2. The van der Waals surface area contributed by atoms with Gasteiger partial charge in [0, 0.05) is 13.0 Å². The number of unbranched alkanes of at least 4 members (excludes halogenated alkanes) is 3. The van der Waals surface area contributed by atoms with Crippen molar-refractivity contribution in [2.75, 3.05) is 0 Å². The van der Waals surface area contributed by atoms with Crippen molar-refractivity contribution in [3.8, 4) is 0 Å². The van der Waals surface area contributed by atoms with E-state index in [1.807, 2.05) is 6.08 Å². The van der Waals surface area contributed by atoms with Crippen molar-refractivity contribution in [3.05, 3.63) is 42.7 Å². The Kier molecular flexibility index (Phi) is 5.20. The molecule has 0 radical (unpaired) electrons. The van der Waals surface area contributed by atoms with Gasteiger partial charge in [-0.15, -0.1) is 6.58 Å². The Morgan fingerprint density at radius 1 is 1.21 bits per heavy atom. The van der Waals surface area contributed by atoms with Gasteiger partial charge in [-0.1, -0.05) is 31.6 Å². The molecule has 1 aromatic heterocycles. The standard InChI is InChI=1S/C17H24N2/c1-3-5-6-7-10-14-19-16-13-9-8-12-15(16)18-17(19)11-4-2/h3,8-9,12-13H,1,4-7,10-11,14H2,2H3. The normalized spacial score (nSPS) is 11.0. The summed E-state index contributed by atoms with van der Waals surface area (Å²) in [7, 11) is 0. The molecule has 2 rings (SSSR count). The third kappa shape index (κ3) is 3.46. The van der Waals surface area contributed by atoms with Crippen molar-refractivity contribution in [3.63, 3.8) is 0 Å². The molecule has 0 aliphatic rings. The van der Waals surface area contributed by atoms with Gasteiger partial charge >= 0.3 is 0 Å². The molecule has 1 heterocycles. The zero-order valence-electron chi connectivity index (χ0n) is 11.9. The van der Waals surface area contributed by atoms with Crippen LogP contribution < -0.4 is 0 Å². The monoisotopic (exact) mass is 256 g/mol. The Bertz CT molecular complexity index is 525. The molecule has 0 amide bonds.